The third-order valence-corrected chi connectivity index (χ3v) is 4.74. The molecular formula is C17H27ClN2. The molecule has 1 unspecified atom stereocenters. The number of rotatable bonds is 6. The van der Waals surface area contributed by atoms with Crippen molar-refractivity contribution in [3.63, 3.8) is 0 Å². The van der Waals surface area contributed by atoms with E-state index in [-0.39, 0.29) is 0 Å². The molecule has 112 valence electrons. The van der Waals surface area contributed by atoms with Gasteiger partial charge in [-0.25, -0.2) is 0 Å². The molecule has 1 aromatic carbocycles. The first-order valence-corrected chi connectivity index (χ1v) is 8.18. The molecule has 20 heavy (non-hydrogen) atoms. The topological polar surface area (TPSA) is 38.0 Å². The Balaban J connectivity index is 1.94. The standard InChI is InChI=1S/C17H27ClN2/c1-12(2)9-14(15-7-8-20-11-15)5-3-13-4-6-17(19)16(18)10-13/h4,6,10,12,14-15,20H,3,5,7-9,11,19H2,1-2H3/t14-,15?/m0/s1. The van der Waals surface area contributed by atoms with Gasteiger partial charge in [0, 0.05) is 0 Å². The Labute approximate surface area is 128 Å². The second-order valence-corrected chi connectivity index (χ2v) is 6.94. The van der Waals surface area contributed by atoms with Crippen LogP contribution >= 0.6 is 11.6 Å². The predicted molar refractivity (Wildman–Crippen MR) is 88.1 cm³/mol. The van der Waals surface area contributed by atoms with E-state index in [1.54, 1.807) is 0 Å². The molecule has 1 fully saturated rings. The van der Waals surface area contributed by atoms with Gasteiger partial charge in [0.2, 0.25) is 0 Å². The highest BCUT2D eigenvalue weighted by Crippen LogP contribution is 2.30. The zero-order valence-corrected chi connectivity index (χ0v) is 13.4. The highest BCUT2D eigenvalue weighted by atomic mass is 35.5. The number of hydrogen-bond acceptors (Lipinski definition) is 2. The molecule has 0 radical (unpaired) electrons. The van der Waals surface area contributed by atoms with Crippen molar-refractivity contribution < 1.29 is 0 Å². The quantitative estimate of drug-likeness (QED) is 0.774. The normalized spacial score (nSPS) is 20.5. The molecule has 1 heterocycles. The Morgan fingerprint density at radius 3 is 2.80 bits per heavy atom. The van der Waals surface area contributed by atoms with Crippen LogP contribution in [-0.2, 0) is 6.42 Å². The lowest BCUT2D eigenvalue weighted by molar-refractivity contribution is 0.281. The van der Waals surface area contributed by atoms with Gasteiger partial charge in [0.1, 0.15) is 0 Å². The van der Waals surface area contributed by atoms with E-state index in [0.717, 1.165) is 24.2 Å². The van der Waals surface area contributed by atoms with E-state index in [9.17, 15) is 0 Å². The zero-order chi connectivity index (χ0) is 14.5. The molecule has 0 aromatic heterocycles. The molecule has 2 atom stereocenters. The Hall–Kier alpha value is -0.730. The van der Waals surface area contributed by atoms with Crippen LogP contribution in [0.4, 0.5) is 5.69 Å². The molecule has 0 bridgehead atoms. The van der Waals surface area contributed by atoms with Crippen LogP contribution in [0.1, 0.15) is 38.7 Å². The minimum Gasteiger partial charge on any atom is -0.398 e. The maximum Gasteiger partial charge on any atom is 0.0638 e. The van der Waals surface area contributed by atoms with Gasteiger partial charge in [0.15, 0.2) is 0 Å². The van der Waals surface area contributed by atoms with Crippen molar-refractivity contribution in [1.29, 1.82) is 0 Å². The number of nitrogen functional groups attached to an aromatic ring is 1. The number of anilines is 1. The predicted octanol–water partition coefficient (Wildman–Crippen LogP) is 4.13. The molecular weight excluding hydrogens is 268 g/mol. The number of halogens is 1. The third kappa shape index (κ3) is 4.39. The lowest BCUT2D eigenvalue weighted by atomic mass is 9.81. The largest absolute Gasteiger partial charge is 0.398 e. The summed E-state index contributed by atoms with van der Waals surface area (Å²) < 4.78 is 0. The Kier molecular flexibility index (Phi) is 5.74. The molecule has 1 saturated heterocycles. The van der Waals surface area contributed by atoms with Crippen LogP contribution in [-0.4, -0.2) is 13.1 Å². The average Bonchev–Trinajstić information content (AvgIpc) is 2.92. The highest BCUT2D eigenvalue weighted by Gasteiger charge is 2.25. The smallest absolute Gasteiger partial charge is 0.0638 e. The van der Waals surface area contributed by atoms with E-state index in [2.05, 4.69) is 25.2 Å². The minimum absolute atomic E-state index is 0.675. The zero-order valence-electron chi connectivity index (χ0n) is 12.7. The summed E-state index contributed by atoms with van der Waals surface area (Å²) in [4.78, 5) is 0. The second-order valence-electron chi connectivity index (χ2n) is 6.54. The van der Waals surface area contributed by atoms with Crippen LogP contribution < -0.4 is 11.1 Å². The lowest BCUT2D eigenvalue weighted by Crippen LogP contribution is -2.20. The molecule has 3 heteroatoms. The van der Waals surface area contributed by atoms with Crippen molar-refractivity contribution in [2.75, 3.05) is 18.8 Å². The van der Waals surface area contributed by atoms with Crippen LogP contribution in [0.5, 0.6) is 0 Å². The van der Waals surface area contributed by atoms with Crippen molar-refractivity contribution in [1.82, 2.24) is 5.32 Å². The first-order valence-electron chi connectivity index (χ1n) is 7.81. The number of nitrogens with one attached hydrogen (secondary N) is 1. The van der Waals surface area contributed by atoms with Gasteiger partial charge in [-0.2, -0.15) is 0 Å². The molecule has 2 nitrogen and oxygen atoms in total. The van der Waals surface area contributed by atoms with Gasteiger partial charge in [-0.15, -0.1) is 0 Å². The molecule has 1 aliphatic heterocycles. The minimum atomic E-state index is 0.675. The summed E-state index contributed by atoms with van der Waals surface area (Å²) >= 11 is 6.11. The van der Waals surface area contributed by atoms with Crippen LogP contribution in [0.15, 0.2) is 18.2 Å². The van der Waals surface area contributed by atoms with Gasteiger partial charge in [-0.1, -0.05) is 31.5 Å². The van der Waals surface area contributed by atoms with Gasteiger partial charge >= 0.3 is 0 Å². The van der Waals surface area contributed by atoms with Crippen molar-refractivity contribution >= 4 is 17.3 Å². The SMILES string of the molecule is CC(C)C[C@H](CCc1ccc(N)c(Cl)c1)C1CCNC1. The van der Waals surface area contributed by atoms with Gasteiger partial charge in [0.05, 0.1) is 10.7 Å². The van der Waals surface area contributed by atoms with Crippen LogP contribution in [0, 0.1) is 17.8 Å². The summed E-state index contributed by atoms with van der Waals surface area (Å²) in [7, 11) is 0. The molecule has 0 saturated carbocycles. The molecule has 0 aliphatic carbocycles. The summed E-state index contributed by atoms with van der Waals surface area (Å²) in [6.07, 6.45) is 5.02. The molecule has 0 spiro atoms. The molecule has 2 rings (SSSR count). The first kappa shape index (κ1) is 15.7. The summed E-state index contributed by atoms with van der Waals surface area (Å²) in [5.74, 6) is 2.44. The first-order chi connectivity index (χ1) is 9.56. The monoisotopic (exact) mass is 294 g/mol. The highest BCUT2D eigenvalue weighted by molar-refractivity contribution is 6.33. The average molecular weight is 295 g/mol. The fourth-order valence-electron chi connectivity index (χ4n) is 3.31. The Bertz CT molecular complexity index is 425. The summed E-state index contributed by atoms with van der Waals surface area (Å²) in [5.41, 5.74) is 7.75. The van der Waals surface area contributed by atoms with Crippen LogP contribution in [0.25, 0.3) is 0 Å². The summed E-state index contributed by atoms with van der Waals surface area (Å²) in [6, 6.07) is 6.06. The third-order valence-electron chi connectivity index (χ3n) is 4.41. The van der Waals surface area contributed by atoms with Gasteiger partial charge in [-0.05, 0) is 74.2 Å². The van der Waals surface area contributed by atoms with Gasteiger partial charge in [-0.3, -0.25) is 0 Å². The Morgan fingerprint density at radius 2 is 2.20 bits per heavy atom. The van der Waals surface area contributed by atoms with Crippen molar-refractivity contribution in [2.24, 2.45) is 17.8 Å². The van der Waals surface area contributed by atoms with Crippen molar-refractivity contribution in [3.8, 4) is 0 Å². The number of hydrogen-bond donors (Lipinski definition) is 2. The maximum atomic E-state index is 6.11. The van der Waals surface area contributed by atoms with E-state index in [1.807, 2.05) is 12.1 Å². The number of benzene rings is 1. The van der Waals surface area contributed by atoms with Gasteiger partial charge in [0.25, 0.3) is 0 Å². The van der Waals surface area contributed by atoms with E-state index < -0.39 is 0 Å². The molecule has 0 amide bonds. The van der Waals surface area contributed by atoms with Crippen molar-refractivity contribution in [2.45, 2.75) is 39.5 Å². The molecule has 1 aromatic rings. The fourth-order valence-corrected chi connectivity index (χ4v) is 3.51. The summed E-state index contributed by atoms with van der Waals surface area (Å²) in [5, 5.41) is 4.19. The van der Waals surface area contributed by atoms with Gasteiger partial charge < -0.3 is 11.1 Å². The van der Waals surface area contributed by atoms with E-state index in [0.29, 0.717) is 10.7 Å². The van der Waals surface area contributed by atoms with E-state index >= 15 is 0 Å². The van der Waals surface area contributed by atoms with E-state index in [4.69, 9.17) is 17.3 Å². The maximum absolute atomic E-state index is 6.11. The molecule has 1 aliphatic rings. The lowest BCUT2D eigenvalue weighted by Gasteiger charge is -2.25. The number of aryl methyl sites for hydroxylation is 1. The number of nitrogens with two attached hydrogens (primary N) is 1. The second kappa shape index (κ2) is 7.33. The fraction of sp³-hybridized carbons (Fsp3) is 0.647. The van der Waals surface area contributed by atoms with Crippen LogP contribution in [0.2, 0.25) is 5.02 Å². The van der Waals surface area contributed by atoms with E-state index in [1.165, 1.54) is 37.9 Å². The Morgan fingerprint density at radius 1 is 1.40 bits per heavy atom. The summed E-state index contributed by atoms with van der Waals surface area (Å²) in [6.45, 7) is 7.04. The van der Waals surface area contributed by atoms with Crippen LogP contribution in [0.3, 0.4) is 0 Å². The van der Waals surface area contributed by atoms with Crippen molar-refractivity contribution in [3.05, 3.63) is 28.8 Å². The molecule has 3 N–H and O–H groups in total.